The lowest BCUT2D eigenvalue weighted by Gasteiger charge is -2.26. The highest BCUT2D eigenvalue weighted by Crippen LogP contribution is 2.36. The van der Waals surface area contributed by atoms with Crippen LogP contribution in [0.3, 0.4) is 0 Å². The van der Waals surface area contributed by atoms with Crippen LogP contribution < -0.4 is 0 Å². The molecule has 0 aliphatic heterocycles. The molecule has 0 fully saturated rings. The van der Waals surface area contributed by atoms with Crippen LogP contribution in [0.1, 0.15) is 29.9 Å². The number of hydrogen-bond donors (Lipinski definition) is 1. The molecule has 1 aliphatic carbocycles. The summed E-state index contributed by atoms with van der Waals surface area (Å²) in [6, 6.07) is 4.56. The summed E-state index contributed by atoms with van der Waals surface area (Å²) in [4.78, 5) is 10.6. The Labute approximate surface area is 91.9 Å². The van der Waals surface area contributed by atoms with Gasteiger partial charge in [-0.1, -0.05) is 12.1 Å². The Bertz CT molecular complexity index is 417. The molecule has 2 atom stereocenters. The molecular weight excluding hydrogens is 214 g/mol. The molecule has 86 valence electrons. The predicted octanol–water partition coefficient (Wildman–Crippen LogP) is 2.67. The first-order valence-corrected chi connectivity index (χ1v) is 5.25. The molecule has 0 amide bonds. The van der Waals surface area contributed by atoms with Crippen molar-refractivity contribution in [3.63, 3.8) is 0 Å². The van der Waals surface area contributed by atoms with E-state index in [1.165, 1.54) is 6.07 Å². The number of aryl methyl sites for hydroxylation is 1. The van der Waals surface area contributed by atoms with Crippen molar-refractivity contribution in [2.24, 2.45) is 0 Å². The van der Waals surface area contributed by atoms with E-state index in [9.17, 15) is 13.6 Å². The fourth-order valence-corrected chi connectivity index (χ4v) is 2.34. The van der Waals surface area contributed by atoms with E-state index >= 15 is 0 Å². The molecule has 16 heavy (non-hydrogen) atoms. The maximum absolute atomic E-state index is 13.6. The number of fused-ring (bicyclic) bond motifs is 1. The van der Waals surface area contributed by atoms with E-state index in [-0.39, 0.29) is 5.56 Å². The van der Waals surface area contributed by atoms with Crippen LogP contribution in [0.2, 0.25) is 0 Å². The van der Waals surface area contributed by atoms with Crippen LogP contribution in [-0.4, -0.2) is 17.2 Å². The highest BCUT2D eigenvalue weighted by atomic mass is 19.1. The number of carboxylic acids is 1. The SMILES string of the molecule is O=C(O)C(F)C1CCCc2cccc(F)c21. The van der Waals surface area contributed by atoms with E-state index < -0.39 is 23.9 Å². The van der Waals surface area contributed by atoms with Crippen molar-refractivity contribution >= 4 is 5.97 Å². The molecule has 0 saturated heterocycles. The molecule has 1 aromatic rings. The topological polar surface area (TPSA) is 37.3 Å². The minimum absolute atomic E-state index is 0.253. The molecule has 2 rings (SSSR count). The Hall–Kier alpha value is -1.45. The summed E-state index contributed by atoms with van der Waals surface area (Å²) in [5.74, 6) is -2.85. The highest BCUT2D eigenvalue weighted by molar-refractivity contribution is 5.73. The van der Waals surface area contributed by atoms with Gasteiger partial charge >= 0.3 is 5.97 Å². The lowest BCUT2D eigenvalue weighted by Crippen LogP contribution is -2.27. The molecule has 2 unspecified atom stereocenters. The first-order valence-electron chi connectivity index (χ1n) is 5.25. The summed E-state index contributed by atoms with van der Waals surface area (Å²) in [6.45, 7) is 0. The van der Waals surface area contributed by atoms with E-state index in [1.807, 2.05) is 0 Å². The Morgan fingerprint density at radius 1 is 1.50 bits per heavy atom. The first-order chi connectivity index (χ1) is 7.61. The maximum Gasteiger partial charge on any atom is 0.338 e. The van der Waals surface area contributed by atoms with Gasteiger partial charge in [-0.15, -0.1) is 0 Å². The standard InChI is InChI=1S/C12H12F2O2/c13-9-6-2-4-7-3-1-5-8(10(7)9)11(14)12(15)16/h2,4,6,8,11H,1,3,5H2,(H,15,16). The average molecular weight is 226 g/mol. The minimum atomic E-state index is -2.02. The van der Waals surface area contributed by atoms with Gasteiger partial charge in [0.1, 0.15) is 5.82 Å². The van der Waals surface area contributed by atoms with E-state index in [2.05, 4.69) is 0 Å². The molecule has 0 heterocycles. The number of hydrogen-bond acceptors (Lipinski definition) is 1. The number of carboxylic acid groups (broad SMARTS) is 1. The normalized spacial score (nSPS) is 21.2. The van der Waals surface area contributed by atoms with Crippen molar-refractivity contribution in [2.75, 3.05) is 0 Å². The summed E-state index contributed by atoms with van der Waals surface area (Å²) < 4.78 is 27.1. The summed E-state index contributed by atoms with van der Waals surface area (Å²) in [5, 5.41) is 8.65. The predicted molar refractivity (Wildman–Crippen MR) is 54.6 cm³/mol. The van der Waals surface area contributed by atoms with Gasteiger partial charge in [-0.05, 0) is 36.5 Å². The van der Waals surface area contributed by atoms with Crippen LogP contribution in [0, 0.1) is 5.82 Å². The summed E-state index contributed by atoms with van der Waals surface area (Å²) in [5.41, 5.74) is 0.990. The van der Waals surface area contributed by atoms with Crippen LogP contribution in [-0.2, 0) is 11.2 Å². The van der Waals surface area contributed by atoms with E-state index in [4.69, 9.17) is 5.11 Å². The third-order valence-corrected chi connectivity index (χ3v) is 3.06. The summed E-state index contributed by atoms with van der Waals surface area (Å²) in [7, 11) is 0. The Morgan fingerprint density at radius 3 is 2.94 bits per heavy atom. The van der Waals surface area contributed by atoms with Gasteiger partial charge in [0.2, 0.25) is 6.17 Å². The van der Waals surface area contributed by atoms with Gasteiger partial charge in [-0.25, -0.2) is 13.6 Å². The van der Waals surface area contributed by atoms with Gasteiger partial charge in [-0.2, -0.15) is 0 Å². The van der Waals surface area contributed by atoms with Crippen LogP contribution >= 0.6 is 0 Å². The molecule has 0 saturated carbocycles. The largest absolute Gasteiger partial charge is 0.479 e. The third kappa shape index (κ3) is 1.79. The van der Waals surface area contributed by atoms with E-state index in [0.29, 0.717) is 19.3 Å². The Kier molecular flexibility index (Phi) is 2.90. The molecule has 1 aliphatic rings. The number of benzene rings is 1. The van der Waals surface area contributed by atoms with Gasteiger partial charge in [0.15, 0.2) is 0 Å². The number of alkyl halides is 1. The van der Waals surface area contributed by atoms with Crippen molar-refractivity contribution in [3.8, 4) is 0 Å². The molecule has 0 radical (unpaired) electrons. The smallest absolute Gasteiger partial charge is 0.338 e. The fraction of sp³-hybridized carbons (Fsp3) is 0.417. The maximum atomic E-state index is 13.6. The Morgan fingerprint density at radius 2 is 2.25 bits per heavy atom. The molecule has 1 aromatic carbocycles. The van der Waals surface area contributed by atoms with Crippen LogP contribution in [0.5, 0.6) is 0 Å². The summed E-state index contributed by atoms with van der Waals surface area (Å²) in [6.07, 6.45) is -0.234. The zero-order chi connectivity index (χ0) is 11.7. The minimum Gasteiger partial charge on any atom is -0.479 e. The number of halogens is 2. The second-order valence-electron chi connectivity index (χ2n) is 4.05. The third-order valence-electron chi connectivity index (χ3n) is 3.06. The summed E-state index contributed by atoms with van der Waals surface area (Å²) >= 11 is 0. The average Bonchev–Trinajstić information content (AvgIpc) is 2.27. The van der Waals surface area contributed by atoms with Crippen molar-refractivity contribution in [1.82, 2.24) is 0 Å². The molecule has 1 N–H and O–H groups in total. The number of carbonyl (C=O) groups is 1. The van der Waals surface area contributed by atoms with Crippen LogP contribution in [0.25, 0.3) is 0 Å². The molecule has 0 aromatic heterocycles. The Balaban J connectivity index is 2.43. The van der Waals surface area contributed by atoms with Gasteiger partial charge in [0.25, 0.3) is 0 Å². The highest BCUT2D eigenvalue weighted by Gasteiger charge is 2.34. The van der Waals surface area contributed by atoms with Crippen LogP contribution in [0.4, 0.5) is 8.78 Å². The number of aliphatic carboxylic acids is 1. The lowest BCUT2D eigenvalue weighted by molar-refractivity contribution is -0.143. The molecule has 2 nitrogen and oxygen atoms in total. The van der Waals surface area contributed by atoms with E-state index in [1.54, 1.807) is 12.1 Å². The zero-order valence-corrected chi connectivity index (χ0v) is 8.62. The zero-order valence-electron chi connectivity index (χ0n) is 8.62. The molecule has 0 bridgehead atoms. The van der Waals surface area contributed by atoms with E-state index in [0.717, 1.165) is 5.56 Å². The molecule has 4 heteroatoms. The van der Waals surface area contributed by atoms with Gasteiger partial charge in [-0.3, -0.25) is 0 Å². The van der Waals surface area contributed by atoms with Crippen molar-refractivity contribution in [3.05, 3.63) is 35.1 Å². The lowest BCUT2D eigenvalue weighted by atomic mass is 9.80. The molecule has 0 spiro atoms. The second kappa shape index (κ2) is 4.20. The first kappa shape index (κ1) is 11.0. The number of rotatable bonds is 2. The fourth-order valence-electron chi connectivity index (χ4n) is 2.34. The molecular formula is C12H12F2O2. The van der Waals surface area contributed by atoms with Crippen LogP contribution in [0.15, 0.2) is 18.2 Å². The van der Waals surface area contributed by atoms with Gasteiger partial charge < -0.3 is 5.11 Å². The monoisotopic (exact) mass is 226 g/mol. The van der Waals surface area contributed by atoms with Gasteiger partial charge in [0, 0.05) is 5.92 Å². The van der Waals surface area contributed by atoms with Gasteiger partial charge in [0.05, 0.1) is 0 Å². The second-order valence-corrected chi connectivity index (χ2v) is 4.05. The van der Waals surface area contributed by atoms with Crippen molar-refractivity contribution < 1.29 is 18.7 Å². The van der Waals surface area contributed by atoms with Crippen molar-refractivity contribution in [2.45, 2.75) is 31.4 Å². The quantitative estimate of drug-likeness (QED) is 0.841. The van der Waals surface area contributed by atoms with Crippen molar-refractivity contribution in [1.29, 1.82) is 0 Å².